The second-order valence-corrected chi connectivity index (χ2v) is 6.57. The summed E-state index contributed by atoms with van der Waals surface area (Å²) in [4.78, 5) is 26.1. The SMILES string of the molecule is CCN1C(=O)/C(=C/c2ccc(OCc3cccc([N+](=O)[O-])c3)cc2)N(C)C1=S. The number of thiocarbonyl (C=S) groups is 1. The second kappa shape index (κ2) is 8.18. The number of carbonyl (C=O) groups is 1. The Morgan fingerprint density at radius 3 is 2.54 bits per heavy atom. The third-order valence-corrected chi connectivity index (χ3v) is 4.86. The lowest BCUT2D eigenvalue weighted by Crippen LogP contribution is -2.30. The van der Waals surface area contributed by atoms with E-state index in [0.717, 1.165) is 5.56 Å². The molecule has 1 saturated heterocycles. The number of nitro benzene ring substituents is 1. The van der Waals surface area contributed by atoms with Gasteiger partial charge in [0.2, 0.25) is 0 Å². The lowest BCUT2D eigenvalue weighted by Gasteiger charge is -2.13. The van der Waals surface area contributed by atoms with E-state index in [1.165, 1.54) is 12.1 Å². The van der Waals surface area contributed by atoms with Gasteiger partial charge in [-0.25, -0.2) is 0 Å². The van der Waals surface area contributed by atoms with Gasteiger partial charge in [0.15, 0.2) is 5.11 Å². The maximum Gasteiger partial charge on any atom is 0.276 e. The van der Waals surface area contributed by atoms with Crippen molar-refractivity contribution >= 4 is 35.0 Å². The van der Waals surface area contributed by atoms with Crippen LogP contribution in [0.15, 0.2) is 54.2 Å². The van der Waals surface area contributed by atoms with Crippen LogP contribution in [-0.4, -0.2) is 39.3 Å². The van der Waals surface area contributed by atoms with Gasteiger partial charge in [-0.3, -0.25) is 19.8 Å². The Morgan fingerprint density at radius 1 is 1.21 bits per heavy atom. The minimum atomic E-state index is -0.432. The molecular formula is C20H19N3O4S. The summed E-state index contributed by atoms with van der Waals surface area (Å²) in [5, 5.41) is 11.3. The molecule has 1 amide bonds. The van der Waals surface area contributed by atoms with Crippen molar-refractivity contribution in [3.63, 3.8) is 0 Å². The molecule has 1 fully saturated rings. The average Bonchev–Trinajstić information content (AvgIpc) is 2.90. The first-order chi connectivity index (χ1) is 13.4. The summed E-state index contributed by atoms with van der Waals surface area (Å²) in [6, 6.07) is 13.6. The zero-order valence-corrected chi connectivity index (χ0v) is 16.3. The standard InChI is InChI=1S/C20H19N3O4S/c1-3-22-19(24)18(21(2)20(22)28)12-14-7-9-17(10-8-14)27-13-15-5-4-6-16(11-15)23(25)26/h4-12H,3,13H2,1-2H3/b18-12-. The molecule has 0 spiro atoms. The van der Waals surface area contributed by atoms with Gasteiger partial charge in [0, 0.05) is 25.7 Å². The van der Waals surface area contributed by atoms with Crippen LogP contribution in [0.4, 0.5) is 5.69 Å². The third-order valence-electron chi connectivity index (χ3n) is 4.37. The number of nitrogens with zero attached hydrogens (tertiary/aromatic N) is 3. The molecule has 0 aliphatic carbocycles. The van der Waals surface area contributed by atoms with Gasteiger partial charge in [-0.05, 0) is 48.5 Å². The molecule has 0 bridgehead atoms. The number of carbonyl (C=O) groups excluding carboxylic acids is 1. The summed E-state index contributed by atoms with van der Waals surface area (Å²) in [7, 11) is 1.78. The average molecular weight is 397 g/mol. The van der Waals surface area contributed by atoms with E-state index in [4.69, 9.17) is 17.0 Å². The molecule has 3 rings (SSSR count). The summed E-state index contributed by atoms with van der Waals surface area (Å²) < 4.78 is 5.70. The molecule has 7 nitrogen and oxygen atoms in total. The molecule has 144 valence electrons. The first kappa shape index (κ1) is 19.5. The van der Waals surface area contributed by atoms with Crippen LogP contribution in [0, 0.1) is 10.1 Å². The smallest absolute Gasteiger partial charge is 0.276 e. The van der Waals surface area contributed by atoms with Crippen LogP contribution in [0.3, 0.4) is 0 Å². The van der Waals surface area contributed by atoms with Gasteiger partial charge < -0.3 is 9.64 Å². The Morgan fingerprint density at radius 2 is 1.93 bits per heavy atom. The quantitative estimate of drug-likeness (QED) is 0.321. The molecule has 0 unspecified atom stereocenters. The first-order valence-corrected chi connectivity index (χ1v) is 9.09. The van der Waals surface area contributed by atoms with Gasteiger partial charge in [-0.15, -0.1) is 0 Å². The molecule has 8 heteroatoms. The van der Waals surface area contributed by atoms with Crippen molar-refractivity contribution in [2.24, 2.45) is 0 Å². The molecule has 28 heavy (non-hydrogen) atoms. The number of hydrogen-bond acceptors (Lipinski definition) is 5. The van der Waals surface area contributed by atoms with Crippen LogP contribution in [0.1, 0.15) is 18.1 Å². The Labute approximate surface area is 168 Å². The molecule has 1 aliphatic heterocycles. The van der Waals surface area contributed by atoms with Crippen molar-refractivity contribution in [2.75, 3.05) is 13.6 Å². The number of hydrogen-bond donors (Lipinski definition) is 0. The third kappa shape index (κ3) is 4.01. The minimum Gasteiger partial charge on any atom is -0.489 e. The van der Waals surface area contributed by atoms with Crippen molar-refractivity contribution in [3.8, 4) is 5.75 Å². The van der Waals surface area contributed by atoms with Gasteiger partial charge in [0.1, 0.15) is 18.1 Å². The number of likely N-dealkylation sites (N-methyl/N-ethyl adjacent to an activating group) is 2. The van der Waals surface area contributed by atoms with Crippen molar-refractivity contribution in [3.05, 3.63) is 75.5 Å². The number of rotatable bonds is 6. The van der Waals surface area contributed by atoms with Gasteiger partial charge in [-0.2, -0.15) is 0 Å². The zero-order chi connectivity index (χ0) is 20.3. The maximum absolute atomic E-state index is 12.4. The normalized spacial score (nSPS) is 15.4. The van der Waals surface area contributed by atoms with Crippen LogP contribution < -0.4 is 4.74 Å². The highest BCUT2D eigenvalue weighted by Crippen LogP contribution is 2.23. The predicted octanol–water partition coefficient (Wildman–Crippen LogP) is 3.59. The summed E-state index contributed by atoms with van der Waals surface area (Å²) in [6.07, 6.45) is 1.79. The van der Waals surface area contributed by atoms with Crippen molar-refractivity contribution in [1.29, 1.82) is 0 Å². The summed E-state index contributed by atoms with van der Waals surface area (Å²) >= 11 is 5.29. The van der Waals surface area contributed by atoms with Crippen LogP contribution in [0.25, 0.3) is 6.08 Å². The molecule has 0 radical (unpaired) electrons. The first-order valence-electron chi connectivity index (χ1n) is 8.68. The summed E-state index contributed by atoms with van der Waals surface area (Å²) in [6.45, 7) is 2.64. The minimum absolute atomic E-state index is 0.0347. The zero-order valence-electron chi connectivity index (χ0n) is 15.5. The van der Waals surface area contributed by atoms with Gasteiger partial charge in [-0.1, -0.05) is 24.3 Å². The van der Waals surface area contributed by atoms with Gasteiger partial charge >= 0.3 is 0 Å². The lowest BCUT2D eigenvalue weighted by atomic mass is 10.1. The van der Waals surface area contributed by atoms with E-state index in [2.05, 4.69) is 0 Å². The van der Waals surface area contributed by atoms with E-state index in [1.807, 2.05) is 19.1 Å². The molecule has 2 aromatic carbocycles. The molecule has 1 aliphatic rings. The van der Waals surface area contributed by atoms with E-state index in [1.54, 1.807) is 47.2 Å². The molecule has 0 aromatic heterocycles. The highest BCUT2D eigenvalue weighted by molar-refractivity contribution is 7.80. The van der Waals surface area contributed by atoms with Gasteiger partial charge in [0.05, 0.1) is 4.92 Å². The van der Waals surface area contributed by atoms with Crippen molar-refractivity contribution in [1.82, 2.24) is 9.80 Å². The molecule has 0 saturated carbocycles. The number of non-ortho nitro benzene ring substituents is 1. The molecule has 0 N–H and O–H groups in total. The van der Waals surface area contributed by atoms with E-state index in [-0.39, 0.29) is 18.2 Å². The van der Waals surface area contributed by atoms with Crippen LogP contribution in [-0.2, 0) is 11.4 Å². The maximum atomic E-state index is 12.4. The van der Waals surface area contributed by atoms with E-state index >= 15 is 0 Å². The lowest BCUT2D eigenvalue weighted by molar-refractivity contribution is -0.384. The topological polar surface area (TPSA) is 75.9 Å². The van der Waals surface area contributed by atoms with E-state index in [9.17, 15) is 14.9 Å². The number of ether oxygens (including phenoxy) is 1. The Bertz CT molecular complexity index is 956. The summed E-state index contributed by atoms with van der Waals surface area (Å²) in [5.41, 5.74) is 2.12. The largest absolute Gasteiger partial charge is 0.489 e. The fraction of sp³-hybridized carbons (Fsp3) is 0.200. The highest BCUT2D eigenvalue weighted by Gasteiger charge is 2.34. The van der Waals surface area contributed by atoms with E-state index in [0.29, 0.717) is 28.7 Å². The number of amides is 1. The number of benzene rings is 2. The van der Waals surface area contributed by atoms with E-state index < -0.39 is 4.92 Å². The Hall–Kier alpha value is -3.26. The molecule has 0 atom stereocenters. The fourth-order valence-corrected chi connectivity index (χ4v) is 3.15. The van der Waals surface area contributed by atoms with Crippen molar-refractivity contribution in [2.45, 2.75) is 13.5 Å². The van der Waals surface area contributed by atoms with Crippen LogP contribution in [0.2, 0.25) is 0 Å². The molecule has 1 heterocycles. The van der Waals surface area contributed by atoms with Crippen LogP contribution >= 0.6 is 12.2 Å². The van der Waals surface area contributed by atoms with Gasteiger partial charge in [0.25, 0.3) is 11.6 Å². The highest BCUT2D eigenvalue weighted by atomic mass is 32.1. The second-order valence-electron chi connectivity index (χ2n) is 6.21. The Kier molecular flexibility index (Phi) is 5.70. The Balaban J connectivity index is 1.69. The number of nitro groups is 1. The summed E-state index contributed by atoms with van der Waals surface area (Å²) in [5.74, 6) is 0.520. The predicted molar refractivity (Wildman–Crippen MR) is 110 cm³/mol. The monoisotopic (exact) mass is 397 g/mol. The molecule has 2 aromatic rings. The fourth-order valence-electron chi connectivity index (χ4n) is 2.83. The van der Waals surface area contributed by atoms with Crippen molar-refractivity contribution < 1.29 is 14.5 Å². The molecular weight excluding hydrogens is 378 g/mol. The van der Waals surface area contributed by atoms with Crippen LogP contribution in [0.5, 0.6) is 5.75 Å².